The number of nitrogens with zero attached hydrogens (tertiary/aromatic N) is 1. The number of carbonyl (C=O) groups is 2. The Morgan fingerprint density at radius 2 is 1.86 bits per heavy atom. The van der Waals surface area contributed by atoms with Gasteiger partial charge in [-0.1, -0.05) is 51.1 Å². The van der Waals surface area contributed by atoms with Crippen LogP contribution in [0.15, 0.2) is 30.3 Å². The maximum Gasteiger partial charge on any atom is 0.316 e. The molecule has 1 heterocycles. The molecule has 0 spiro atoms. The van der Waals surface area contributed by atoms with Crippen molar-refractivity contribution in [2.75, 3.05) is 13.1 Å². The first-order valence-electron chi connectivity index (χ1n) is 7.37. The molecule has 21 heavy (non-hydrogen) atoms. The molecule has 1 fully saturated rings. The number of carboxylic acids is 1. The standard InChI is InChI=1S/C17H23NO3/c1-17(2,3)14(16(20)21)15(19)18-10-9-13(11-18)12-7-5-4-6-8-12/h4-8,13-14H,9-11H2,1-3H3,(H,20,21). The lowest BCUT2D eigenvalue weighted by molar-refractivity contribution is -0.155. The number of rotatable bonds is 3. The largest absolute Gasteiger partial charge is 0.481 e. The summed E-state index contributed by atoms with van der Waals surface area (Å²) in [6, 6.07) is 10.1. The third-order valence-corrected chi connectivity index (χ3v) is 4.13. The van der Waals surface area contributed by atoms with Crippen LogP contribution in [0, 0.1) is 11.3 Å². The minimum atomic E-state index is -1.03. The van der Waals surface area contributed by atoms with E-state index in [1.807, 2.05) is 18.2 Å². The molecule has 1 aromatic carbocycles. The summed E-state index contributed by atoms with van der Waals surface area (Å²) < 4.78 is 0. The molecule has 0 aromatic heterocycles. The predicted molar refractivity (Wildman–Crippen MR) is 81.0 cm³/mol. The van der Waals surface area contributed by atoms with Gasteiger partial charge in [0.05, 0.1) is 0 Å². The third kappa shape index (κ3) is 3.43. The fraction of sp³-hybridized carbons (Fsp3) is 0.529. The first-order chi connectivity index (χ1) is 9.80. The summed E-state index contributed by atoms with van der Waals surface area (Å²) in [7, 11) is 0. The maximum absolute atomic E-state index is 12.6. The molecular weight excluding hydrogens is 266 g/mol. The maximum atomic E-state index is 12.6. The van der Waals surface area contributed by atoms with Crippen LogP contribution >= 0.6 is 0 Å². The van der Waals surface area contributed by atoms with Crippen molar-refractivity contribution < 1.29 is 14.7 Å². The van der Waals surface area contributed by atoms with Crippen LogP contribution in [0.25, 0.3) is 0 Å². The Hall–Kier alpha value is -1.84. The second-order valence-corrected chi connectivity index (χ2v) is 6.82. The molecule has 1 aliphatic rings. The van der Waals surface area contributed by atoms with Gasteiger partial charge >= 0.3 is 5.97 Å². The number of amides is 1. The SMILES string of the molecule is CC(C)(C)C(C(=O)O)C(=O)N1CCC(c2ccccc2)C1. The minimum Gasteiger partial charge on any atom is -0.481 e. The van der Waals surface area contributed by atoms with E-state index in [1.54, 1.807) is 25.7 Å². The Morgan fingerprint density at radius 3 is 2.38 bits per heavy atom. The van der Waals surface area contributed by atoms with Gasteiger partial charge in [0.25, 0.3) is 0 Å². The van der Waals surface area contributed by atoms with E-state index >= 15 is 0 Å². The molecule has 2 atom stereocenters. The lowest BCUT2D eigenvalue weighted by Crippen LogP contribution is -2.44. The van der Waals surface area contributed by atoms with Crippen molar-refractivity contribution in [3.8, 4) is 0 Å². The van der Waals surface area contributed by atoms with Crippen LogP contribution in [0.2, 0.25) is 0 Å². The van der Waals surface area contributed by atoms with Crippen LogP contribution < -0.4 is 0 Å². The second kappa shape index (κ2) is 5.88. The van der Waals surface area contributed by atoms with Gasteiger partial charge in [0.15, 0.2) is 0 Å². The molecule has 114 valence electrons. The average molecular weight is 289 g/mol. The number of aliphatic carboxylic acids is 1. The summed E-state index contributed by atoms with van der Waals surface area (Å²) in [4.78, 5) is 25.7. The Balaban J connectivity index is 2.10. The van der Waals surface area contributed by atoms with Gasteiger partial charge in [-0.2, -0.15) is 0 Å². The van der Waals surface area contributed by atoms with Crippen molar-refractivity contribution in [3.05, 3.63) is 35.9 Å². The van der Waals surface area contributed by atoms with Crippen molar-refractivity contribution in [2.45, 2.75) is 33.1 Å². The van der Waals surface area contributed by atoms with E-state index in [4.69, 9.17) is 0 Å². The average Bonchev–Trinajstić information content (AvgIpc) is 2.87. The Labute approximate surface area is 125 Å². The zero-order chi connectivity index (χ0) is 15.6. The zero-order valence-electron chi connectivity index (χ0n) is 12.9. The van der Waals surface area contributed by atoms with Crippen LogP contribution in [0.3, 0.4) is 0 Å². The summed E-state index contributed by atoms with van der Waals surface area (Å²) in [6.45, 7) is 6.65. The first-order valence-corrected chi connectivity index (χ1v) is 7.37. The van der Waals surface area contributed by atoms with Crippen molar-refractivity contribution in [1.29, 1.82) is 0 Å². The van der Waals surface area contributed by atoms with Gasteiger partial charge in [0, 0.05) is 19.0 Å². The number of carbonyl (C=O) groups excluding carboxylic acids is 1. The molecule has 1 aliphatic heterocycles. The summed E-state index contributed by atoms with van der Waals surface area (Å²) in [5.41, 5.74) is 0.642. The van der Waals surface area contributed by atoms with Gasteiger partial charge in [-0.15, -0.1) is 0 Å². The molecule has 1 N–H and O–H groups in total. The Bertz CT molecular complexity index is 519. The van der Waals surface area contributed by atoms with E-state index in [9.17, 15) is 14.7 Å². The zero-order valence-corrected chi connectivity index (χ0v) is 12.9. The lowest BCUT2D eigenvalue weighted by Gasteiger charge is -2.29. The highest BCUT2D eigenvalue weighted by Gasteiger charge is 2.42. The molecule has 1 aromatic rings. The Morgan fingerprint density at radius 1 is 1.24 bits per heavy atom. The van der Waals surface area contributed by atoms with Gasteiger partial charge in [-0.25, -0.2) is 0 Å². The molecule has 1 saturated heterocycles. The highest BCUT2D eigenvalue weighted by atomic mass is 16.4. The van der Waals surface area contributed by atoms with E-state index in [0.29, 0.717) is 19.0 Å². The Kier molecular flexibility index (Phi) is 4.35. The monoisotopic (exact) mass is 289 g/mol. The lowest BCUT2D eigenvalue weighted by atomic mass is 9.80. The molecule has 0 aliphatic carbocycles. The van der Waals surface area contributed by atoms with Gasteiger partial charge in [-0.05, 0) is 17.4 Å². The van der Waals surface area contributed by atoms with E-state index < -0.39 is 17.3 Å². The predicted octanol–water partition coefficient (Wildman–Crippen LogP) is 2.75. The fourth-order valence-corrected chi connectivity index (χ4v) is 2.99. The molecule has 2 unspecified atom stereocenters. The summed E-state index contributed by atoms with van der Waals surface area (Å²) in [5, 5.41) is 9.38. The number of carboxylic acid groups (broad SMARTS) is 1. The van der Waals surface area contributed by atoms with Crippen LogP contribution in [0.1, 0.15) is 38.7 Å². The van der Waals surface area contributed by atoms with Gasteiger partial charge < -0.3 is 10.0 Å². The number of likely N-dealkylation sites (tertiary alicyclic amines) is 1. The number of hydrogen-bond acceptors (Lipinski definition) is 2. The normalized spacial score (nSPS) is 20.3. The molecule has 2 rings (SSSR count). The molecule has 4 nitrogen and oxygen atoms in total. The molecule has 0 saturated carbocycles. The highest BCUT2D eigenvalue weighted by molar-refractivity contribution is 5.97. The summed E-state index contributed by atoms with van der Waals surface area (Å²) in [5.74, 6) is -1.96. The summed E-state index contributed by atoms with van der Waals surface area (Å²) in [6.07, 6.45) is 0.895. The van der Waals surface area contributed by atoms with Crippen molar-refractivity contribution in [2.24, 2.45) is 11.3 Å². The van der Waals surface area contributed by atoms with E-state index in [1.165, 1.54) is 5.56 Å². The summed E-state index contributed by atoms with van der Waals surface area (Å²) >= 11 is 0. The fourth-order valence-electron chi connectivity index (χ4n) is 2.99. The van der Waals surface area contributed by atoms with Gasteiger partial charge in [0.1, 0.15) is 5.92 Å². The smallest absolute Gasteiger partial charge is 0.316 e. The van der Waals surface area contributed by atoms with E-state index in [0.717, 1.165) is 6.42 Å². The van der Waals surface area contributed by atoms with E-state index in [2.05, 4.69) is 12.1 Å². The van der Waals surface area contributed by atoms with Crippen molar-refractivity contribution in [1.82, 2.24) is 4.90 Å². The van der Waals surface area contributed by atoms with Crippen LogP contribution in [0.5, 0.6) is 0 Å². The molecule has 0 radical (unpaired) electrons. The topological polar surface area (TPSA) is 57.6 Å². The van der Waals surface area contributed by atoms with Crippen LogP contribution in [-0.2, 0) is 9.59 Å². The molecule has 1 amide bonds. The van der Waals surface area contributed by atoms with Crippen molar-refractivity contribution >= 4 is 11.9 Å². The second-order valence-electron chi connectivity index (χ2n) is 6.82. The molecule has 4 heteroatoms. The third-order valence-electron chi connectivity index (χ3n) is 4.13. The van der Waals surface area contributed by atoms with Crippen molar-refractivity contribution in [3.63, 3.8) is 0 Å². The quantitative estimate of drug-likeness (QED) is 0.870. The first kappa shape index (κ1) is 15.5. The number of benzene rings is 1. The number of hydrogen-bond donors (Lipinski definition) is 1. The molecular formula is C17H23NO3. The highest BCUT2D eigenvalue weighted by Crippen LogP contribution is 2.32. The van der Waals surface area contributed by atoms with E-state index in [-0.39, 0.29) is 5.91 Å². The minimum absolute atomic E-state index is 0.256. The van der Waals surface area contributed by atoms with Crippen LogP contribution in [-0.4, -0.2) is 35.0 Å². The van der Waals surface area contributed by atoms with Gasteiger partial charge in [-0.3, -0.25) is 9.59 Å². The van der Waals surface area contributed by atoms with Crippen LogP contribution in [0.4, 0.5) is 0 Å². The molecule has 0 bridgehead atoms. The van der Waals surface area contributed by atoms with Gasteiger partial charge in [0.2, 0.25) is 5.91 Å².